The first-order chi connectivity index (χ1) is 7.08. The molecule has 0 unspecified atom stereocenters. The lowest BCUT2D eigenvalue weighted by molar-refractivity contribution is -0.114. The van der Waals surface area contributed by atoms with Gasteiger partial charge in [-0.2, -0.15) is 5.10 Å². The number of carbonyl (C=O) groups is 1. The molecule has 0 atom stereocenters. The number of aryl methyl sites for hydroxylation is 2. The van der Waals surface area contributed by atoms with Gasteiger partial charge in [-0.3, -0.25) is 9.48 Å². The molecule has 1 N–H and O–H groups in total. The molecule has 15 heavy (non-hydrogen) atoms. The van der Waals surface area contributed by atoms with E-state index in [1.807, 2.05) is 0 Å². The van der Waals surface area contributed by atoms with Crippen LogP contribution in [0.15, 0.2) is 6.20 Å². The van der Waals surface area contributed by atoms with E-state index < -0.39 is 0 Å². The van der Waals surface area contributed by atoms with Crippen molar-refractivity contribution in [1.29, 1.82) is 0 Å². The molecule has 2 heterocycles. The van der Waals surface area contributed by atoms with Crippen molar-refractivity contribution in [3.8, 4) is 0 Å². The standard InChI is InChI=1S/C9H11N5O/c1-5-10-4-7-8(11-5)9(12-6(2)15)13-14(7)3/h4H,1-3H3,(H,12,13,15). The van der Waals surface area contributed by atoms with Gasteiger partial charge in [-0.05, 0) is 6.92 Å². The third-order valence-corrected chi connectivity index (χ3v) is 2.01. The molecule has 0 radical (unpaired) electrons. The summed E-state index contributed by atoms with van der Waals surface area (Å²) in [6.45, 7) is 3.23. The summed E-state index contributed by atoms with van der Waals surface area (Å²) >= 11 is 0. The zero-order valence-electron chi connectivity index (χ0n) is 8.77. The van der Waals surface area contributed by atoms with Gasteiger partial charge in [0.2, 0.25) is 5.91 Å². The molecule has 0 aliphatic carbocycles. The Morgan fingerprint density at radius 1 is 1.53 bits per heavy atom. The summed E-state index contributed by atoms with van der Waals surface area (Å²) < 4.78 is 1.64. The average molecular weight is 205 g/mol. The minimum absolute atomic E-state index is 0.161. The monoisotopic (exact) mass is 205 g/mol. The Hall–Kier alpha value is -1.98. The number of rotatable bonds is 1. The molecule has 0 aromatic carbocycles. The van der Waals surface area contributed by atoms with E-state index in [1.54, 1.807) is 24.9 Å². The molecule has 0 aliphatic rings. The van der Waals surface area contributed by atoms with Crippen molar-refractivity contribution in [2.45, 2.75) is 13.8 Å². The number of anilines is 1. The van der Waals surface area contributed by atoms with E-state index in [2.05, 4.69) is 20.4 Å². The zero-order chi connectivity index (χ0) is 11.0. The SMILES string of the molecule is CC(=O)Nc1nn(C)c2cnc(C)nc12. The number of fused-ring (bicyclic) bond motifs is 1. The van der Waals surface area contributed by atoms with E-state index in [0.717, 1.165) is 5.52 Å². The molecule has 2 aromatic rings. The van der Waals surface area contributed by atoms with Gasteiger partial charge in [0.25, 0.3) is 0 Å². The first-order valence-corrected chi connectivity index (χ1v) is 4.52. The molecular formula is C9H11N5O. The maximum atomic E-state index is 10.9. The van der Waals surface area contributed by atoms with Gasteiger partial charge in [0, 0.05) is 14.0 Å². The molecule has 6 nitrogen and oxygen atoms in total. The number of nitrogens with zero attached hydrogens (tertiary/aromatic N) is 4. The summed E-state index contributed by atoms with van der Waals surface area (Å²) in [6, 6.07) is 0. The van der Waals surface area contributed by atoms with Gasteiger partial charge >= 0.3 is 0 Å². The summed E-state index contributed by atoms with van der Waals surface area (Å²) in [7, 11) is 1.78. The second-order valence-electron chi connectivity index (χ2n) is 3.30. The Morgan fingerprint density at radius 2 is 2.27 bits per heavy atom. The molecule has 2 aromatic heterocycles. The maximum absolute atomic E-state index is 10.9. The van der Waals surface area contributed by atoms with Crippen LogP contribution in [0.1, 0.15) is 12.7 Å². The van der Waals surface area contributed by atoms with Crippen LogP contribution in [0.25, 0.3) is 11.0 Å². The lowest BCUT2D eigenvalue weighted by atomic mass is 10.4. The van der Waals surface area contributed by atoms with Crippen LogP contribution in [-0.4, -0.2) is 25.7 Å². The van der Waals surface area contributed by atoms with Gasteiger partial charge in [0.1, 0.15) is 16.9 Å². The van der Waals surface area contributed by atoms with Crippen LogP contribution in [0.4, 0.5) is 5.82 Å². The third-order valence-electron chi connectivity index (χ3n) is 2.01. The van der Waals surface area contributed by atoms with Gasteiger partial charge in [-0.15, -0.1) is 0 Å². The molecule has 0 fully saturated rings. The number of hydrogen-bond donors (Lipinski definition) is 1. The predicted molar refractivity (Wildman–Crippen MR) is 55.3 cm³/mol. The molecule has 2 rings (SSSR count). The Kier molecular flexibility index (Phi) is 2.11. The zero-order valence-corrected chi connectivity index (χ0v) is 8.77. The van der Waals surface area contributed by atoms with E-state index in [0.29, 0.717) is 17.2 Å². The molecule has 0 saturated carbocycles. The van der Waals surface area contributed by atoms with E-state index >= 15 is 0 Å². The summed E-state index contributed by atoms with van der Waals surface area (Å²) in [4.78, 5) is 19.3. The Morgan fingerprint density at radius 3 is 2.93 bits per heavy atom. The fourth-order valence-electron chi connectivity index (χ4n) is 1.38. The average Bonchev–Trinajstić information content (AvgIpc) is 2.42. The molecule has 0 aliphatic heterocycles. The quantitative estimate of drug-likeness (QED) is 0.741. The molecule has 6 heteroatoms. The number of carbonyl (C=O) groups excluding carboxylic acids is 1. The third kappa shape index (κ3) is 1.65. The molecule has 0 spiro atoms. The van der Waals surface area contributed by atoms with Crippen LogP contribution < -0.4 is 5.32 Å². The summed E-state index contributed by atoms with van der Waals surface area (Å²) in [5, 5.41) is 6.79. The fourth-order valence-corrected chi connectivity index (χ4v) is 1.38. The van der Waals surface area contributed by atoms with E-state index in [4.69, 9.17) is 0 Å². The van der Waals surface area contributed by atoms with Crippen LogP contribution in [0.3, 0.4) is 0 Å². The second-order valence-corrected chi connectivity index (χ2v) is 3.30. The van der Waals surface area contributed by atoms with Crippen molar-refractivity contribution in [2.75, 3.05) is 5.32 Å². The lowest BCUT2D eigenvalue weighted by Crippen LogP contribution is -2.07. The number of amides is 1. The van der Waals surface area contributed by atoms with E-state index in [1.165, 1.54) is 6.92 Å². The molecule has 1 amide bonds. The smallest absolute Gasteiger partial charge is 0.222 e. The van der Waals surface area contributed by atoms with E-state index in [9.17, 15) is 4.79 Å². The topological polar surface area (TPSA) is 72.7 Å². The van der Waals surface area contributed by atoms with Crippen LogP contribution in [0.5, 0.6) is 0 Å². The number of hydrogen-bond acceptors (Lipinski definition) is 4. The van der Waals surface area contributed by atoms with Crippen LogP contribution >= 0.6 is 0 Å². The maximum Gasteiger partial charge on any atom is 0.222 e. The van der Waals surface area contributed by atoms with Crippen molar-refractivity contribution >= 4 is 22.8 Å². The van der Waals surface area contributed by atoms with Crippen molar-refractivity contribution < 1.29 is 4.79 Å². The highest BCUT2D eigenvalue weighted by molar-refractivity contribution is 5.96. The molecule has 0 saturated heterocycles. The van der Waals surface area contributed by atoms with Crippen molar-refractivity contribution in [3.05, 3.63) is 12.0 Å². The predicted octanol–water partition coefficient (Wildman–Crippen LogP) is 0.630. The minimum atomic E-state index is -0.161. The largest absolute Gasteiger partial charge is 0.308 e. The fraction of sp³-hybridized carbons (Fsp3) is 0.333. The second kappa shape index (κ2) is 3.30. The minimum Gasteiger partial charge on any atom is -0.308 e. The van der Waals surface area contributed by atoms with Gasteiger partial charge in [0.05, 0.1) is 6.20 Å². The summed E-state index contributed by atoms with van der Waals surface area (Å²) in [5.74, 6) is 0.971. The first-order valence-electron chi connectivity index (χ1n) is 4.52. The van der Waals surface area contributed by atoms with E-state index in [-0.39, 0.29) is 5.91 Å². The summed E-state index contributed by atoms with van der Waals surface area (Å²) in [6.07, 6.45) is 1.69. The summed E-state index contributed by atoms with van der Waals surface area (Å²) in [5.41, 5.74) is 1.46. The van der Waals surface area contributed by atoms with Crippen LogP contribution in [0, 0.1) is 6.92 Å². The van der Waals surface area contributed by atoms with Crippen LogP contribution in [-0.2, 0) is 11.8 Å². The molecule has 78 valence electrons. The number of nitrogens with one attached hydrogen (secondary N) is 1. The highest BCUT2D eigenvalue weighted by atomic mass is 16.1. The lowest BCUT2D eigenvalue weighted by Gasteiger charge is -1.96. The Balaban J connectivity index is 2.64. The Labute approximate surface area is 86.3 Å². The van der Waals surface area contributed by atoms with Crippen molar-refractivity contribution in [3.63, 3.8) is 0 Å². The first kappa shape index (κ1) is 9.57. The van der Waals surface area contributed by atoms with Crippen molar-refractivity contribution in [2.24, 2.45) is 7.05 Å². The molecule has 0 bridgehead atoms. The van der Waals surface area contributed by atoms with Crippen LogP contribution in [0.2, 0.25) is 0 Å². The van der Waals surface area contributed by atoms with Gasteiger partial charge < -0.3 is 5.32 Å². The number of aromatic nitrogens is 4. The Bertz CT molecular complexity index is 531. The molecular weight excluding hydrogens is 194 g/mol. The van der Waals surface area contributed by atoms with Gasteiger partial charge in [-0.1, -0.05) is 0 Å². The highest BCUT2D eigenvalue weighted by Crippen LogP contribution is 2.18. The van der Waals surface area contributed by atoms with Crippen molar-refractivity contribution in [1.82, 2.24) is 19.7 Å². The highest BCUT2D eigenvalue weighted by Gasteiger charge is 2.11. The normalized spacial score (nSPS) is 10.6. The van der Waals surface area contributed by atoms with Gasteiger partial charge in [-0.25, -0.2) is 9.97 Å². The van der Waals surface area contributed by atoms with Gasteiger partial charge in [0.15, 0.2) is 5.82 Å².